The van der Waals surface area contributed by atoms with Crippen molar-refractivity contribution >= 4 is 17.9 Å². The number of carbonyl (C=O) groups is 3. The van der Waals surface area contributed by atoms with E-state index in [1.165, 1.54) is 25.7 Å². The predicted molar refractivity (Wildman–Crippen MR) is 258 cm³/mol. The van der Waals surface area contributed by atoms with Gasteiger partial charge in [-0.2, -0.15) is 0 Å². The first kappa shape index (κ1) is 58.5. The number of quaternary nitrogens is 1. The van der Waals surface area contributed by atoms with Gasteiger partial charge in [0, 0.05) is 12.8 Å². The van der Waals surface area contributed by atoms with Crippen LogP contribution in [0.25, 0.3) is 0 Å². The lowest BCUT2D eigenvalue weighted by Gasteiger charge is -2.25. The normalized spacial score (nSPS) is 13.6. The number of carboxylic acids is 1. The van der Waals surface area contributed by atoms with Crippen LogP contribution in [0.1, 0.15) is 174 Å². The van der Waals surface area contributed by atoms with Gasteiger partial charge in [0.25, 0.3) is 6.29 Å². The van der Waals surface area contributed by atoms with E-state index in [2.05, 4.69) is 98.9 Å². The van der Waals surface area contributed by atoms with Crippen LogP contribution in [0.4, 0.5) is 0 Å². The molecule has 0 saturated carbocycles. The second-order valence-electron chi connectivity index (χ2n) is 17.0. The first-order valence-corrected chi connectivity index (χ1v) is 24.3. The number of aliphatic carboxylic acids is 1. The Morgan fingerprint density at radius 2 is 0.919 bits per heavy atom. The van der Waals surface area contributed by atoms with E-state index >= 15 is 0 Å². The van der Waals surface area contributed by atoms with E-state index in [1.807, 2.05) is 21.1 Å². The number of hydrogen-bond acceptors (Lipinski definition) is 7. The summed E-state index contributed by atoms with van der Waals surface area (Å²) in [5, 5.41) is 9.65. The Kier molecular flexibility index (Phi) is 41.6. The fourth-order valence-corrected chi connectivity index (χ4v) is 6.13. The summed E-state index contributed by atoms with van der Waals surface area (Å²) in [6, 6.07) is 0. The van der Waals surface area contributed by atoms with Crippen LogP contribution in [-0.2, 0) is 33.3 Å². The molecule has 0 aliphatic rings. The molecule has 0 aromatic heterocycles. The van der Waals surface area contributed by atoms with Crippen molar-refractivity contribution in [2.24, 2.45) is 0 Å². The van der Waals surface area contributed by atoms with Gasteiger partial charge in [0.1, 0.15) is 13.2 Å². The molecule has 62 heavy (non-hydrogen) atoms. The van der Waals surface area contributed by atoms with Gasteiger partial charge < -0.3 is 28.5 Å². The highest BCUT2D eigenvalue weighted by Gasteiger charge is 2.25. The topological polar surface area (TPSA) is 108 Å². The maximum absolute atomic E-state index is 12.8. The molecule has 0 aliphatic heterocycles. The Morgan fingerprint density at radius 1 is 0.500 bits per heavy atom. The molecule has 9 heteroatoms. The van der Waals surface area contributed by atoms with Crippen molar-refractivity contribution in [3.05, 3.63) is 85.1 Å². The summed E-state index contributed by atoms with van der Waals surface area (Å²) in [7, 11) is 5.94. The molecule has 0 aromatic carbocycles. The maximum Gasteiger partial charge on any atom is 0.361 e. The van der Waals surface area contributed by atoms with Crippen LogP contribution in [0.2, 0.25) is 0 Å². The van der Waals surface area contributed by atoms with Gasteiger partial charge in [0.05, 0.1) is 34.4 Å². The van der Waals surface area contributed by atoms with Gasteiger partial charge >= 0.3 is 17.9 Å². The monoisotopic (exact) mass is 869 g/mol. The summed E-state index contributed by atoms with van der Waals surface area (Å²) in [4.78, 5) is 37.2. The molecule has 1 N–H and O–H groups in total. The number of nitrogens with zero attached hydrogens (tertiary/aromatic N) is 1. The molecule has 0 radical (unpaired) electrons. The fourth-order valence-electron chi connectivity index (χ4n) is 6.13. The number of unbranched alkanes of at least 4 members (excludes halogenated alkanes) is 14. The van der Waals surface area contributed by atoms with Crippen molar-refractivity contribution in [3.63, 3.8) is 0 Å². The van der Waals surface area contributed by atoms with Crippen LogP contribution in [0.5, 0.6) is 0 Å². The zero-order valence-corrected chi connectivity index (χ0v) is 40.0. The molecule has 0 heterocycles. The Morgan fingerprint density at radius 3 is 1.39 bits per heavy atom. The highest BCUT2D eigenvalue weighted by molar-refractivity contribution is 5.71. The van der Waals surface area contributed by atoms with Crippen LogP contribution in [0.15, 0.2) is 85.1 Å². The van der Waals surface area contributed by atoms with Gasteiger partial charge in [0.15, 0.2) is 6.10 Å². The second kappa shape index (κ2) is 44.1. The summed E-state index contributed by atoms with van der Waals surface area (Å²) in [5.41, 5.74) is 0. The minimum absolute atomic E-state index is 0.179. The van der Waals surface area contributed by atoms with E-state index in [0.717, 1.165) is 116 Å². The van der Waals surface area contributed by atoms with Gasteiger partial charge in [-0.3, -0.25) is 9.59 Å². The van der Waals surface area contributed by atoms with E-state index in [-0.39, 0.29) is 38.6 Å². The molecule has 0 aliphatic carbocycles. The van der Waals surface area contributed by atoms with Gasteiger partial charge in [-0.1, -0.05) is 157 Å². The molecule has 9 nitrogen and oxygen atoms in total. The van der Waals surface area contributed by atoms with E-state index in [1.54, 1.807) is 0 Å². The largest absolute Gasteiger partial charge is 0.477 e. The second-order valence-corrected chi connectivity index (χ2v) is 17.0. The third-order valence-electron chi connectivity index (χ3n) is 9.89. The Balaban J connectivity index is 4.39. The number of allylic oxidation sites excluding steroid dienone is 14. The smallest absolute Gasteiger partial charge is 0.361 e. The Labute approximate surface area is 379 Å². The molecule has 0 bridgehead atoms. The number of carbonyl (C=O) groups excluding carboxylic acids is 2. The molecular weight excluding hydrogens is 779 g/mol. The lowest BCUT2D eigenvalue weighted by molar-refractivity contribution is -0.870. The first-order valence-electron chi connectivity index (χ1n) is 24.3. The molecule has 0 aromatic rings. The Hall–Kier alpha value is -3.53. The van der Waals surface area contributed by atoms with Gasteiger partial charge in [0.2, 0.25) is 0 Å². The fraction of sp³-hybridized carbons (Fsp3) is 0.679. The molecular formula is C53H90NO8+. The van der Waals surface area contributed by atoms with Crippen LogP contribution in [0, 0.1) is 0 Å². The van der Waals surface area contributed by atoms with Crippen molar-refractivity contribution in [2.45, 2.75) is 187 Å². The van der Waals surface area contributed by atoms with Crippen LogP contribution in [0.3, 0.4) is 0 Å². The zero-order valence-electron chi connectivity index (χ0n) is 40.0. The lowest BCUT2D eigenvalue weighted by atomic mass is 10.1. The molecule has 2 atom stereocenters. The first-order chi connectivity index (χ1) is 30.1. The molecule has 0 saturated heterocycles. The van der Waals surface area contributed by atoms with E-state index in [4.69, 9.17) is 18.9 Å². The molecule has 2 unspecified atom stereocenters. The standard InChI is InChI=1S/C53H89NO8/c1-6-8-10-12-14-16-18-20-21-22-23-24-25-26-27-28-29-30-31-32-34-36-38-40-42-44-51(56)62-49(48-61-53(52(57)58)59-46-45-54(3,4)5)47-60-50(55)43-41-39-37-35-33-19-17-15-13-11-9-7-2/h8,10,14-17,20-21,23-24,26-27,29-30,49,53H,6-7,9,11-13,18-19,22,25,28,31-48H2,1-5H3/p+1/b10-8-,16-14-,17-15-,21-20-,24-23-,27-26-,30-29-. The third-order valence-corrected chi connectivity index (χ3v) is 9.89. The summed E-state index contributed by atoms with van der Waals surface area (Å²) in [5.74, 6) is -2.05. The molecule has 354 valence electrons. The average molecular weight is 869 g/mol. The number of hydrogen-bond donors (Lipinski definition) is 1. The SMILES string of the molecule is CC/C=C\C/C=C\C/C=C\C/C=C\C/C=C\C/C=C\CCCCCCCCC(=O)OC(COC(=O)CCCCCCC/C=C\CCCCC)COC(OCC[N+](C)(C)C)C(=O)O. The van der Waals surface area contributed by atoms with Gasteiger partial charge in [-0.05, 0) is 89.9 Å². The van der Waals surface area contributed by atoms with Crippen LogP contribution in [-0.4, -0.2) is 87.4 Å². The zero-order chi connectivity index (χ0) is 45.6. The molecule has 0 spiro atoms. The van der Waals surface area contributed by atoms with Crippen LogP contribution >= 0.6 is 0 Å². The van der Waals surface area contributed by atoms with Gasteiger partial charge in [-0.25, -0.2) is 4.79 Å². The van der Waals surface area contributed by atoms with Crippen molar-refractivity contribution in [1.82, 2.24) is 0 Å². The highest BCUT2D eigenvalue weighted by Crippen LogP contribution is 2.13. The highest BCUT2D eigenvalue weighted by atomic mass is 16.7. The van der Waals surface area contributed by atoms with E-state index in [9.17, 15) is 19.5 Å². The molecule has 0 fully saturated rings. The Bertz CT molecular complexity index is 1290. The lowest BCUT2D eigenvalue weighted by Crippen LogP contribution is -2.40. The van der Waals surface area contributed by atoms with Crippen LogP contribution < -0.4 is 0 Å². The molecule has 0 amide bonds. The van der Waals surface area contributed by atoms with Crippen molar-refractivity contribution in [1.29, 1.82) is 0 Å². The third kappa shape index (κ3) is 44.5. The van der Waals surface area contributed by atoms with E-state index < -0.39 is 24.3 Å². The minimum Gasteiger partial charge on any atom is -0.477 e. The molecule has 0 rings (SSSR count). The summed E-state index contributed by atoms with van der Waals surface area (Å²) < 4.78 is 22.7. The summed E-state index contributed by atoms with van der Waals surface area (Å²) in [6.07, 6.45) is 53.6. The van der Waals surface area contributed by atoms with Crippen molar-refractivity contribution in [3.8, 4) is 0 Å². The predicted octanol–water partition coefficient (Wildman–Crippen LogP) is 13.3. The average Bonchev–Trinajstić information content (AvgIpc) is 3.23. The maximum atomic E-state index is 12.8. The summed E-state index contributed by atoms with van der Waals surface area (Å²) >= 11 is 0. The number of ether oxygens (including phenoxy) is 4. The summed E-state index contributed by atoms with van der Waals surface area (Å²) in [6.45, 7) is 4.68. The number of carboxylic acid groups (broad SMARTS) is 1. The van der Waals surface area contributed by atoms with E-state index in [0.29, 0.717) is 17.4 Å². The number of rotatable bonds is 43. The van der Waals surface area contributed by atoms with Crippen molar-refractivity contribution < 1.29 is 42.9 Å². The minimum atomic E-state index is -1.52. The number of esters is 2. The van der Waals surface area contributed by atoms with Crippen molar-refractivity contribution in [2.75, 3.05) is 47.5 Å². The quantitative estimate of drug-likeness (QED) is 0.0212. The number of likely N-dealkylation sites (N-methyl/N-ethyl adjacent to an activating group) is 1. The van der Waals surface area contributed by atoms with Gasteiger partial charge in [-0.15, -0.1) is 0 Å².